The Balaban J connectivity index is 1.97. The van der Waals surface area contributed by atoms with E-state index in [9.17, 15) is 13.2 Å². The van der Waals surface area contributed by atoms with E-state index in [0.717, 1.165) is 11.3 Å². The molecule has 1 aromatic carbocycles. The number of anilines is 1. The normalized spacial score (nSPS) is 12.2. The first kappa shape index (κ1) is 16.2. The van der Waals surface area contributed by atoms with E-state index in [4.69, 9.17) is 5.73 Å². The lowest BCUT2D eigenvalue weighted by Crippen LogP contribution is -2.24. The Hall–Kier alpha value is -2.22. The molecule has 0 unspecified atom stereocenters. The number of halogens is 3. The summed E-state index contributed by atoms with van der Waals surface area (Å²) in [7, 11) is 0. The fourth-order valence-corrected chi connectivity index (χ4v) is 2.40. The highest BCUT2D eigenvalue weighted by atomic mass is 32.1. The standard InChI is InChI=1S/C14H14F3N3OS/c15-14(16,17)21-12-6-2-1-5-11(12)20-13(18)19-8-7-10-4-3-9-22-10/h1-6,9H,7-8H2,(H3,18,19,20). The number of guanidine groups is 1. The summed E-state index contributed by atoms with van der Waals surface area (Å²) >= 11 is 1.61. The minimum Gasteiger partial charge on any atom is -0.404 e. The molecule has 22 heavy (non-hydrogen) atoms. The summed E-state index contributed by atoms with van der Waals surface area (Å²) in [4.78, 5) is 5.25. The SMILES string of the molecule is NC(=NCCc1cccs1)Nc1ccccc1OC(F)(F)F. The van der Waals surface area contributed by atoms with Crippen molar-refractivity contribution >= 4 is 23.0 Å². The van der Waals surface area contributed by atoms with Crippen LogP contribution in [0.4, 0.5) is 18.9 Å². The van der Waals surface area contributed by atoms with E-state index in [2.05, 4.69) is 15.0 Å². The van der Waals surface area contributed by atoms with Gasteiger partial charge in [-0.2, -0.15) is 0 Å². The molecule has 0 amide bonds. The lowest BCUT2D eigenvalue weighted by atomic mass is 10.3. The number of thiophene rings is 1. The third kappa shape index (κ3) is 5.28. The molecule has 0 bridgehead atoms. The Bertz CT molecular complexity index is 627. The Morgan fingerprint density at radius 1 is 1.23 bits per heavy atom. The first-order valence-electron chi connectivity index (χ1n) is 6.38. The molecule has 2 aromatic rings. The van der Waals surface area contributed by atoms with Crippen molar-refractivity contribution in [2.45, 2.75) is 12.8 Å². The average molecular weight is 329 g/mol. The molecule has 0 radical (unpaired) electrons. The number of hydrogen-bond acceptors (Lipinski definition) is 3. The molecule has 8 heteroatoms. The van der Waals surface area contributed by atoms with Gasteiger partial charge in [0.05, 0.1) is 5.69 Å². The number of rotatable bonds is 5. The van der Waals surface area contributed by atoms with E-state index in [-0.39, 0.29) is 17.4 Å². The average Bonchev–Trinajstić information content (AvgIpc) is 2.92. The number of aliphatic imine (C=N–C) groups is 1. The second-order valence-electron chi connectivity index (χ2n) is 4.27. The van der Waals surface area contributed by atoms with Crippen molar-refractivity contribution < 1.29 is 17.9 Å². The molecule has 0 fully saturated rings. The minimum absolute atomic E-state index is 0.0368. The second kappa shape index (κ2) is 7.17. The highest BCUT2D eigenvalue weighted by molar-refractivity contribution is 7.09. The molecule has 0 aliphatic rings. The predicted molar refractivity (Wildman–Crippen MR) is 81.3 cm³/mol. The van der Waals surface area contributed by atoms with Crippen LogP contribution in [0.2, 0.25) is 0 Å². The molecule has 1 aromatic heterocycles. The van der Waals surface area contributed by atoms with Gasteiger partial charge in [0.1, 0.15) is 0 Å². The molecule has 0 saturated carbocycles. The van der Waals surface area contributed by atoms with Gasteiger partial charge in [0, 0.05) is 17.8 Å². The monoisotopic (exact) mass is 329 g/mol. The van der Waals surface area contributed by atoms with Gasteiger partial charge in [0.15, 0.2) is 11.7 Å². The Kier molecular flexibility index (Phi) is 5.26. The first-order valence-corrected chi connectivity index (χ1v) is 7.26. The second-order valence-corrected chi connectivity index (χ2v) is 5.30. The molecule has 2 rings (SSSR count). The molecule has 3 N–H and O–H groups in total. The third-order valence-corrected chi connectivity index (χ3v) is 3.53. The molecule has 118 valence electrons. The topological polar surface area (TPSA) is 59.6 Å². The lowest BCUT2D eigenvalue weighted by molar-refractivity contribution is -0.274. The van der Waals surface area contributed by atoms with Gasteiger partial charge in [0.2, 0.25) is 0 Å². The molecule has 0 saturated heterocycles. The van der Waals surface area contributed by atoms with Crippen LogP contribution in [-0.4, -0.2) is 18.9 Å². The van der Waals surface area contributed by atoms with Gasteiger partial charge < -0.3 is 15.8 Å². The van der Waals surface area contributed by atoms with Crippen LogP contribution in [0.5, 0.6) is 5.75 Å². The summed E-state index contributed by atoms with van der Waals surface area (Å²) in [6.45, 7) is 0.446. The maximum atomic E-state index is 12.3. The van der Waals surface area contributed by atoms with E-state index < -0.39 is 6.36 Å². The van der Waals surface area contributed by atoms with Crippen LogP contribution in [0.1, 0.15) is 4.88 Å². The van der Waals surface area contributed by atoms with E-state index in [1.54, 1.807) is 17.4 Å². The zero-order valence-electron chi connectivity index (χ0n) is 11.4. The molecule has 4 nitrogen and oxygen atoms in total. The summed E-state index contributed by atoms with van der Waals surface area (Å²) in [5.74, 6) is -0.318. The van der Waals surface area contributed by atoms with Crippen LogP contribution < -0.4 is 15.8 Å². The predicted octanol–water partition coefficient (Wildman–Crippen LogP) is 3.62. The van der Waals surface area contributed by atoms with Crippen molar-refractivity contribution in [3.05, 3.63) is 46.7 Å². The number of nitrogens with one attached hydrogen (secondary N) is 1. The first-order chi connectivity index (χ1) is 10.4. The molecule has 0 aliphatic heterocycles. The number of para-hydroxylation sites is 2. The number of hydrogen-bond donors (Lipinski definition) is 2. The largest absolute Gasteiger partial charge is 0.573 e. The zero-order valence-corrected chi connectivity index (χ0v) is 12.2. The number of benzene rings is 1. The fourth-order valence-electron chi connectivity index (χ4n) is 1.70. The highest BCUT2D eigenvalue weighted by Crippen LogP contribution is 2.29. The quantitative estimate of drug-likeness (QED) is 0.651. The summed E-state index contributed by atoms with van der Waals surface area (Å²) in [5.41, 5.74) is 5.79. The minimum atomic E-state index is -4.76. The summed E-state index contributed by atoms with van der Waals surface area (Å²) < 4.78 is 40.9. The van der Waals surface area contributed by atoms with Gasteiger partial charge in [0.25, 0.3) is 0 Å². The van der Waals surface area contributed by atoms with Crippen LogP contribution in [0.15, 0.2) is 46.8 Å². The van der Waals surface area contributed by atoms with Crippen LogP contribution in [0, 0.1) is 0 Å². The van der Waals surface area contributed by atoms with Crippen molar-refractivity contribution in [3.63, 3.8) is 0 Å². The molecule has 0 aliphatic carbocycles. The van der Waals surface area contributed by atoms with Crippen molar-refractivity contribution in [1.82, 2.24) is 0 Å². The van der Waals surface area contributed by atoms with Gasteiger partial charge in [-0.1, -0.05) is 18.2 Å². The highest BCUT2D eigenvalue weighted by Gasteiger charge is 2.32. The van der Waals surface area contributed by atoms with Crippen LogP contribution in [0.3, 0.4) is 0 Å². The Morgan fingerprint density at radius 2 is 2.00 bits per heavy atom. The van der Waals surface area contributed by atoms with Crippen LogP contribution in [0.25, 0.3) is 0 Å². The van der Waals surface area contributed by atoms with E-state index >= 15 is 0 Å². The van der Waals surface area contributed by atoms with Gasteiger partial charge in [-0.15, -0.1) is 24.5 Å². The number of ether oxygens (including phenoxy) is 1. The zero-order chi connectivity index (χ0) is 16.0. The maximum absolute atomic E-state index is 12.3. The van der Waals surface area contributed by atoms with Crippen molar-refractivity contribution in [3.8, 4) is 5.75 Å². The van der Waals surface area contributed by atoms with Crippen molar-refractivity contribution in [2.75, 3.05) is 11.9 Å². The molecular weight excluding hydrogens is 315 g/mol. The third-order valence-electron chi connectivity index (χ3n) is 2.60. The molecule has 0 atom stereocenters. The van der Waals surface area contributed by atoms with Crippen molar-refractivity contribution in [2.24, 2.45) is 10.7 Å². The van der Waals surface area contributed by atoms with Gasteiger partial charge in [-0.05, 0) is 23.6 Å². The lowest BCUT2D eigenvalue weighted by Gasteiger charge is -2.14. The summed E-state index contributed by atoms with van der Waals surface area (Å²) in [5, 5.41) is 4.58. The van der Waals surface area contributed by atoms with Crippen LogP contribution >= 0.6 is 11.3 Å². The summed E-state index contributed by atoms with van der Waals surface area (Å²) in [6, 6.07) is 9.57. The number of alkyl halides is 3. The van der Waals surface area contributed by atoms with Crippen molar-refractivity contribution in [1.29, 1.82) is 0 Å². The summed E-state index contributed by atoms with van der Waals surface area (Å²) in [6.07, 6.45) is -4.04. The van der Waals surface area contributed by atoms with E-state index in [0.29, 0.717) is 6.54 Å². The molecule has 0 spiro atoms. The maximum Gasteiger partial charge on any atom is 0.573 e. The van der Waals surface area contributed by atoms with E-state index in [1.165, 1.54) is 18.2 Å². The Labute approximate surface area is 129 Å². The van der Waals surface area contributed by atoms with E-state index in [1.807, 2.05) is 17.5 Å². The van der Waals surface area contributed by atoms with Crippen LogP contribution in [-0.2, 0) is 6.42 Å². The smallest absolute Gasteiger partial charge is 0.404 e. The number of nitrogens with zero attached hydrogens (tertiary/aromatic N) is 1. The molecular formula is C14H14F3N3OS. The Morgan fingerprint density at radius 3 is 2.68 bits per heavy atom. The van der Waals surface area contributed by atoms with Gasteiger partial charge in [-0.3, -0.25) is 4.99 Å². The van der Waals surface area contributed by atoms with Gasteiger partial charge >= 0.3 is 6.36 Å². The van der Waals surface area contributed by atoms with Gasteiger partial charge in [-0.25, -0.2) is 0 Å². The molecule has 1 heterocycles. The number of nitrogens with two attached hydrogens (primary N) is 1. The fraction of sp³-hybridized carbons (Fsp3) is 0.214.